The summed E-state index contributed by atoms with van der Waals surface area (Å²) in [6, 6.07) is 4.91. The maximum atomic E-state index is 2.71. The zero-order valence-corrected chi connectivity index (χ0v) is 12.0. The molecule has 102 valence electrons. The van der Waals surface area contributed by atoms with E-state index in [0.717, 1.165) is 11.8 Å². The van der Waals surface area contributed by atoms with E-state index < -0.39 is 0 Å². The minimum absolute atomic E-state index is 0.682. The first-order chi connectivity index (χ1) is 9.81. The number of hydrogen-bond donors (Lipinski definition) is 0. The van der Waals surface area contributed by atoms with Crippen LogP contribution < -0.4 is 4.90 Å². The Morgan fingerprint density at radius 3 is 2.00 bits per heavy atom. The summed E-state index contributed by atoms with van der Waals surface area (Å²) in [6.07, 6.45) is 12.3. The van der Waals surface area contributed by atoms with Crippen LogP contribution in [0.1, 0.15) is 41.4 Å². The maximum absolute atomic E-state index is 2.71. The van der Waals surface area contributed by atoms with Crippen LogP contribution in [0, 0.1) is 18.8 Å². The fraction of sp³-hybridized carbons (Fsp3) is 0.474. The first-order valence-corrected chi connectivity index (χ1v) is 8.04. The minimum Gasteiger partial charge on any atom is -0.370 e. The van der Waals surface area contributed by atoms with Crippen molar-refractivity contribution >= 4 is 5.69 Å². The first-order valence-electron chi connectivity index (χ1n) is 8.04. The zero-order valence-electron chi connectivity index (χ0n) is 12.0. The summed E-state index contributed by atoms with van der Waals surface area (Å²) in [7, 11) is 0. The van der Waals surface area contributed by atoms with Crippen LogP contribution in [0.4, 0.5) is 5.69 Å². The molecule has 4 atom stereocenters. The van der Waals surface area contributed by atoms with E-state index in [0.29, 0.717) is 11.8 Å². The van der Waals surface area contributed by atoms with Gasteiger partial charge in [0.25, 0.3) is 0 Å². The fourth-order valence-electron chi connectivity index (χ4n) is 5.03. The molecular formula is C19H21N. The van der Waals surface area contributed by atoms with Crippen molar-refractivity contribution in [1.29, 1.82) is 0 Å². The van der Waals surface area contributed by atoms with Gasteiger partial charge in [0.05, 0.1) is 0 Å². The molecule has 20 heavy (non-hydrogen) atoms. The monoisotopic (exact) mass is 263 g/mol. The van der Waals surface area contributed by atoms with E-state index in [-0.39, 0.29) is 0 Å². The molecule has 0 N–H and O–H groups in total. The molecule has 1 heteroatoms. The van der Waals surface area contributed by atoms with Crippen LogP contribution >= 0.6 is 0 Å². The summed E-state index contributed by atoms with van der Waals surface area (Å²) in [4.78, 5) is 2.71. The van der Waals surface area contributed by atoms with Gasteiger partial charge in [-0.1, -0.05) is 42.0 Å². The number of fused-ring (bicyclic) bond motifs is 4. The average Bonchev–Trinajstić information content (AvgIpc) is 3.06. The van der Waals surface area contributed by atoms with Crippen molar-refractivity contribution in [3.05, 3.63) is 53.1 Å². The van der Waals surface area contributed by atoms with E-state index in [1.807, 2.05) is 0 Å². The molecule has 1 nitrogen and oxygen atoms in total. The van der Waals surface area contributed by atoms with Gasteiger partial charge in [-0.05, 0) is 42.7 Å². The third kappa shape index (κ3) is 1.33. The zero-order chi connectivity index (χ0) is 13.3. The van der Waals surface area contributed by atoms with Gasteiger partial charge in [0.2, 0.25) is 0 Å². The fourth-order valence-corrected chi connectivity index (χ4v) is 5.03. The lowest BCUT2D eigenvalue weighted by atomic mass is 9.74. The number of anilines is 1. The van der Waals surface area contributed by atoms with Crippen LogP contribution in [-0.4, -0.2) is 13.1 Å². The van der Waals surface area contributed by atoms with Gasteiger partial charge in [-0.2, -0.15) is 0 Å². The number of benzene rings is 1. The van der Waals surface area contributed by atoms with Crippen molar-refractivity contribution in [3.8, 4) is 0 Å². The van der Waals surface area contributed by atoms with E-state index >= 15 is 0 Å². The molecular weight excluding hydrogens is 242 g/mol. The van der Waals surface area contributed by atoms with E-state index in [1.54, 1.807) is 16.8 Å². The minimum atomic E-state index is 0.682. The third-order valence-corrected chi connectivity index (χ3v) is 5.84. The molecule has 0 aromatic heterocycles. The summed E-state index contributed by atoms with van der Waals surface area (Å²) >= 11 is 0. The number of aryl methyl sites for hydroxylation is 1. The first kappa shape index (κ1) is 11.2. The van der Waals surface area contributed by atoms with Crippen LogP contribution in [0.15, 0.2) is 36.4 Å². The Kier molecular flexibility index (Phi) is 2.12. The Balaban J connectivity index is 1.76. The van der Waals surface area contributed by atoms with Crippen LogP contribution in [0.2, 0.25) is 0 Å². The van der Waals surface area contributed by atoms with E-state index in [2.05, 4.69) is 48.3 Å². The largest absolute Gasteiger partial charge is 0.370 e. The van der Waals surface area contributed by atoms with Crippen molar-refractivity contribution < 1.29 is 0 Å². The molecule has 0 spiro atoms. The predicted octanol–water partition coefficient (Wildman–Crippen LogP) is 4.15. The van der Waals surface area contributed by atoms with E-state index in [9.17, 15) is 0 Å². The molecule has 4 aliphatic rings. The van der Waals surface area contributed by atoms with Gasteiger partial charge in [0.1, 0.15) is 0 Å². The summed E-state index contributed by atoms with van der Waals surface area (Å²) in [6.45, 7) is 4.81. The Bertz CT molecular complexity index is 588. The van der Waals surface area contributed by atoms with Gasteiger partial charge >= 0.3 is 0 Å². The number of rotatable bonds is 0. The lowest BCUT2D eigenvalue weighted by Gasteiger charge is -2.46. The second kappa shape index (κ2) is 3.78. The normalized spacial score (nSPS) is 36.0. The van der Waals surface area contributed by atoms with Crippen LogP contribution in [0.3, 0.4) is 0 Å². The molecule has 0 radical (unpaired) electrons. The molecule has 0 bridgehead atoms. The van der Waals surface area contributed by atoms with Gasteiger partial charge in [-0.15, -0.1) is 0 Å². The number of hydrogen-bond acceptors (Lipinski definition) is 1. The van der Waals surface area contributed by atoms with Crippen LogP contribution in [0.25, 0.3) is 0 Å². The highest BCUT2D eigenvalue weighted by Gasteiger charge is 2.41. The molecule has 1 aromatic carbocycles. The lowest BCUT2D eigenvalue weighted by molar-refractivity contribution is 0.410. The smallest absolute Gasteiger partial charge is 0.0444 e. The second-order valence-electron chi connectivity index (χ2n) is 7.10. The summed E-state index contributed by atoms with van der Waals surface area (Å²) in [5, 5.41) is 0. The Labute approximate surface area is 121 Å². The van der Waals surface area contributed by atoms with E-state index in [4.69, 9.17) is 0 Å². The van der Waals surface area contributed by atoms with Gasteiger partial charge in [0, 0.05) is 30.6 Å². The molecule has 5 rings (SSSR count). The quantitative estimate of drug-likeness (QED) is 0.636. The Hall–Kier alpha value is -1.50. The van der Waals surface area contributed by atoms with Crippen molar-refractivity contribution in [3.63, 3.8) is 0 Å². The highest BCUT2D eigenvalue weighted by molar-refractivity contribution is 5.69. The van der Waals surface area contributed by atoms with Crippen LogP contribution in [-0.2, 0) is 0 Å². The highest BCUT2D eigenvalue weighted by atomic mass is 15.2. The summed E-state index contributed by atoms with van der Waals surface area (Å²) in [5.41, 5.74) is 6.27. The van der Waals surface area contributed by atoms with Crippen molar-refractivity contribution in [1.82, 2.24) is 0 Å². The molecule has 2 heterocycles. The number of nitrogens with zero attached hydrogens (tertiary/aromatic N) is 1. The topological polar surface area (TPSA) is 3.24 Å². The maximum Gasteiger partial charge on any atom is 0.0444 e. The van der Waals surface area contributed by atoms with Crippen molar-refractivity contribution in [2.75, 3.05) is 18.0 Å². The van der Waals surface area contributed by atoms with Crippen molar-refractivity contribution in [2.24, 2.45) is 11.8 Å². The van der Waals surface area contributed by atoms with Crippen molar-refractivity contribution in [2.45, 2.75) is 31.6 Å². The lowest BCUT2D eigenvalue weighted by Crippen LogP contribution is -2.43. The molecule has 0 amide bonds. The Morgan fingerprint density at radius 2 is 1.45 bits per heavy atom. The van der Waals surface area contributed by atoms with Gasteiger partial charge < -0.3 is 4.90 Å². The second-order valence-corrected chi connectivity index (χ2v) is 7.10. The third-order valence-electron chi connectivity index (χ3n) is 5.84. The standard InChI is InChI=1S/C19H21N/c1-12-8-17-15-6-2-4-13(15)10-20-11-14-5-3-7-16(14)18(9-12)19(17)20/h2-3,6-9,13-16H,4-5,10-11H2,1H3/t13-,14+,15-,16+. The highest BCUT2D eigenvalue weighted by Crippen LogP contribution is 2.52. The molecule has 0 saturated heterocycles. The molecule has 0 unspecified atom stereocenters. The Morgan fingerprint density at radius 1 is 0.900 bits per heavy atom. The molecule has 0 saturated carbocycles. The molecule has 2 aliphatic carbocycles. The number of allylic oxidation sites excluding steroid dienone is 4. The van der Waals surface area contributed by atoms with E-state index in [1.165, 1.54) is 31.5 Å². The summed E-state index contributed by atoms with van der Waals surface area (Å²) < 4.78 is 0. The van der Waals surface area contributed by atoms with Gasteiger partial charge in [-0.3, -0.25) is 0 Å². The predicted molar refractivity (Wildman–Crippen MR) is 83.4 cm³/mol. The average molecular weight is 263 g/mol. The summed E-state index contributed by atoms with van der Waals surface area (Å²) in [5.74, 6) is 3.01. The SMILES string of the molecule is Cc1cc2c3c(c1)[C@@H]1C=CC[C@@H]1CN3C[C@@H]1CC=C[C@H]21. The molecule has 1 aromatic rings. The van der Waals surface area contributed by atoms with Gasteiger partial charge in [-0.25, -0.2) is 0 Å². The molecule has 2 aliphatic heterocycles. The van der Waals surface area contributed by atoms with Crippen LogP contribution in [0.5, 0.6) is 0 Å². The molecule has 0 fully saturated rings. The van der Waals surface area contributed by atoms with Gasteiger partial charge in [0.15, 0.2) is 0 Å².